The van der Waals surface area contributed by atoms with Crippen molar-refractivity contribution in [2.24, 2.45) is 4.99 Å². The van der Waals surface area contributed by atoms with Gasteiger partial charge in [-0.05, 0) is 18.2 Å². The van der Waals surface area contributed by atoms with E-state index < -0.39 is 10.8 Å². The van der Waals surface area contributed by atoms with E-state index in [0.29, 0.717) is 20.4 Å². The standard InChI is InChI=1S/C15H7Cl2N3O3S2/c1-2-5-19-13-9(17)6-8(16)7-11(13)25-15(19)18-14(21)10-3-4-12(24-10)20(22)23/h1,3-4,6-7H,5H2. The summed E-state index contributed by atoms with van der Waals surface area (Å²) in [6.45, 7) is 0.165. The van der Waals surface area contributed by atoms with Gasteiger partial charge < -0.3 is 4.57 Å². The lowest BCUT2D eigenvalue weighted by atomic mass is 10.3. The van der Waals surface area contributed by atoms with Gasteiger partial charge in [0.2, 0.25) is 0 Å². The Hall–Kier alpha value is -2.18. The van der Waals surface area contributed by atoms with E-state index in [1.54, 1.807) is 16.7 Å². The van der Waals surface area contributed by atoms with Crippen molar-refractivity contribution in [1.82, 2.24) is 4.57 Å². The van der Waals surface area contributed by atoms with Gasteiger partial charge in [0.15, 0.2) is 4.80 Å². The molecule has 0 saturated heterocycles. The van der Waals surface area contributed by atoms with E-state index in [0.717, 1.165) is 16.0 Å². The summed E-state index contributed by atoms with van der Waals surface area (Å²) in [6.07, 6.45) is 5.40. The third-order valence-corrected chi connectivity index (χ3v) is 5.68. The molecule has 0 unspecified atom stereocenters. The van der Waals surface area contributed by atoms with Crippen LogP contribution in [0.4, 0.5) is 5.00 Å². The van der Waals surface area contributed by atoms with Gasteiger partial charge in [0, 0.05) is 11.1 Å². The molecular weight excluding hydrogens is 405 g/mol. The molecule has 3 rings (SSSR count). The summed E-state index contributed by atoms with van der Waals surface area (Å²) in [5.41, 5.74) is 0.637. The number of benzene rings is 1. The van der Waals surface area contributed by atoms with Gasteiger partial charge in [-0.1, -0.05) is 51.8 Å². The third-order valence-electron chi connectivity index (χ3n) is 3.12. The number of rotatable bonds is 3. The molecule has 0 atom stereocenters. The van der Waals surface area contributed by atoms with E-state index in [-0.39, 0.29) is 16.4 Å². The molecule has 10 heteroatoms. The number of nitro groups is 1. The van der Waals surface area contributed by atoms with E-state index in [2.05, 4.69) is 10.9 Å². The predicted molar refractivity (Wildman–Crippen MR) is 99.5 cm³/mol. The lowest BCUT2D eigenvalue weighted by Crippen LogP contribution is -2.16. The fourth-order valence-corrected chi connectivity index (χ4v) is 4.65. The fourth-order valence-electron chi connectivity index (χ4n) is 2.14. The van der Waals surface area contributed by atoms with Gasteiger partial charge >= 0.3 is 5.00 Å². The van der Waals surface area contributed by atoms with E-state index in [4.69, 9.17) is 29.6 Å². The number of hydrogen-bond donors (Lipinski definition) is 0. The zero-order valence-corrected chi connectivity index (χ0v) is 15.4. The van der Waals surface area contributed by atoms with E-state index in [9.17, 15) is 14.9 Å². The van der Waals surface area contributed by atoms with Crippen molar-refractivity contribution in [3.8, 4) is 12.3 Å². The van der Waals surface area contributed by atoms with Crippen molar-refractivity contribution in [3.05, 3.63) is 54.1 Å². The second-order valence-corrected chi connectivity index (χ2v) is 7.64. The lowest BCUT2D eigenvalue weighted by Gasteiger charge is -2.02. The van der Waals surface area contributed by atoms with Gasteiger partial charge in [0.1, 0.15) is 4.88 Å². The van der Waals surface area contributed by atoms with Crippen molar-refractivity contribution in [2.75, 3.05) is 0 Å². The first kappa shape index (κ1) is 17.6. The zero-order chi connectivity index (χ0) is 18.1. The number of nitrogens with zero attached hydrogens (tertiary/aromatic N) is 3. The van der Waals surface area contributed by atoms with Crippen LogP contribution in [-0.4, -0.2) is 15.4 Å². The summed E-state index contributed by atoms with van der Waals surface area (Å²) < 4.78 is 2.37. The summed E-state index contributed by atoms with van der Waals surface area (Å²) >= 11 is 14.2. The Morgan fingerprint density at radius 1 is 1.36 bits per heavy atom. The molecule has 0 radical (unpaired) electrons. The maximum Gasteiger partial charge on any atom is 0.324 e. The Kier molecular flexibility index (Phi) is 4.92. The molecule has 3 aromatic rings. The number of terminal acetylenes is 1. The minimum Gasteiger partial charge on any atom is -0.303 e. The van der Waals surface area contributed by atoms with Crippen LogP contribution in [0.5, 0.6) is 0 Å². The highest BCUT2D eigenvalue weighted by molar-refractivity contribution is 7.17. The Balaban J connectivity index is 2.16. The van der Waals surface area contributed by atoms with Crippen LogP contribution < -0.4 is 4.80 Å². The molecule has 0 aliphatic rings. The molecule has 2 heterocycles. The molecule has 25 heavy (non-hydrogen) atoms. The molecule has 6 nitrogen and oxygen atoms in total. The van der Waals surface area contributed by atoms with E-state index in [1.807, 2.05) is 0 Å². The summed E-state index contributed by atoms with van der Waals surface area (Å²) in [4.78, 5) is 27.1. The molecule has 0 saturated carbocycles. The fraction of sp³-hybridized carbons (Fsp3) is 0.0667. The number of fused-ring (bicyclic) bond motifs is 1. The van der Waals surface area contributed by atoms with Gasteiger partial charge in [-0.2, -0.15) is 4.99 Å². The van der Waals surface area contributed by atoms with Gasteiger partial charge in [-0.15, -0.1) is 6.42 Å². The summed E-state index contributed by atoms with van der Waals surface area (Å²) in [5, 5.41) is 11.5. The van der Waals surface area contributed by atoms with Gasteiger partial charge in [-0.25, -0.2) is 0 Å². The van der Waals surface area contributed by atoms with Crippen LogP contribution in [0.3, 0.4) is 0 Å². The second-order valence-electron chi connectivity index (χ2n) is 4.72. The molecule has 0 aliphatic carbocycles. The molecule has 0 bridgehead atoms. The highest BCUT2D eigenvalue weighted by Gasteiger charge is 2.16. The molecule has 0 aliphatic heterocycles. The first-order valence-electron chi connectivity index (χ1n) is 6.66. The van der Waals surface area contributed by atoms with Crippen LogP contribution in [0.25, 0.3) is 10.2 Å². The van der Waals surface area contributed by atoms with Crippen LogP contribution in [0.2, 0.25) is 10.0 Å². The van der Waals surface area contributed by atoms with Crippen molar-refractivity contribution >= 4 is 67.0 Å². The third kappa shape index (κ3) is 3.45. The van der Waals surface area contributed by atoms with Crippen LogP contribution in [-0.2, 0) is 6.54 Å². The molecule has 1 amide bonds. The largest absolute Gasteiger partial charge is 0.324 e. The number of carbonyl (C=O) groups excluding carboxylic acids is 1. The maximum atomic E-state index is 12.3. The van der Waals surface area contributed by atoms with E-state index in [1.165, 1.54) is 23.5 Å². The highest BCUT2D eigenvalue weighted by Crippen LogP contribution is 2.30. The maximum absolute atomic E-state index is 12.3. The number of amides is 1. The van der Waals surface area contributed by atoms with Crippen molar-refractivity contribution in [3.63, 3.8) is 0 Å². The topological polar surface area (TPSA) is 77.5 Å². The van der Waals surface area contributed by atoms with Crippen molar-refractivity contribution in [2.45, 2.75) is 6.54 Å². The Morgan fingerprint density at radius 2 is 2.12 bits per heavy atom. The van der Waals surface area contributed by atoms with Gasteiger partial charge in [0.25, 0.3) is 5.91 Å². The summed E-state index contributed by atoms with van der Waals surface area (Å²) in [7, 11) is 0. The minimum absolute atomic E-state index is 0.124. The normalized spacial score (nSPS) is 11.6. The van der Waals surface area contributed by atoms with Crippen molar-refractivity contribution < 1.29 is 9.72 Å². The zero-order valence-electron chi connectivity index (χ0n) is 12.2. The molecule has 2 aromatic heterocycles. The van der Waals surface area contributed by atoms with Crippen molar-refractivity contribution in [1.29, 1.82) is 0 Å². The Labute approximate surface area is 159 Å². The smallest absolute Gasteiger partial charge is 0.303 e. The van der Waals surface area contributed by atoms with Gasteiger partial charge in [0.05, 0.1) is 26.7 Å². The van der Waals surface area contributed by atoms with Gasteiger partial charge in [-0.3, -0.25) is 14.9 Å². The first-order valence-corrected chi connectivity index (χ1v) is 9.04. The van der Waals surface area contributed by atoms with Crippen LogP contribution >= 0.6 is 45.9 Å². The molecule has 0 N–H and O–H groups in total. The summed E-state index contributed by atoms with van der Waals surface area (Å²) in [6, 6.07) is 5.93. The number of thiophene rings is 1. The quantitative estimate of drug-likeness (QED) is 0.365. The number of halogens is 2. The highest BCUT2D eigenvalue weighted by atomic mass is 35.5. The minimum atomic E-state index is -0.586. The average Bonchev–Trinajstić information content (AvgIpc) is 3.13. The SMILES string of the molecule is C#CCn1c(=NC(=O)c2ccc([N+](=O)[O-])s2)sc2cc(Cl)cc(Cl)c21. The first-order chi connectivity index (χ1) is 11.9. The van der Waals surface area contributed by atoms with Crippen LogP contribution in [0.1, 0.15) is 9.67 Å². The predicted octanol–water partition coefficient (Wildman–Crippen LogP) is 4.35. The van der Waals surface area contributed by atoms with Crippen LogP contribution in [0, 0.1) is 22.5 Å². The molecule has 0 spiro atoms. The summed E-state index contributed by atoms with van der Waals surface area (Å²) in [5.74, 6) is 1.91. The number of hydrogen-bond acceptors (Lipinski definition) is 5. The number of thiazole rings is 1. The average molecular weight is 412 g/mol. The molecule has 1 aromatic carbocycles. The molecule has 0 fully saturated rings. The molecular formula is C15H7Cl2N3O3S2. The van der Waals surface area contributed by atoms with Crippen LogP contribution in [0.15, 0.2) is 29.3 Å². The Morgan fingerprint density at radius 3 is 2.76 bits per heavy atom. The number of aromatic nitrogens is 1. The lowest BCUT2D eigenvalue weighted by molar-refractivity contribution is -0.380. The molecule has 126 valence electrons. The Bertz CT molecular complexity index is 1120. The number of carbonyl (C=O) groups is 1. The second kappa shape index (κ2) is 6.98. The van der Waals surface area contributed by atoms with E-state index >= 15 is 0 Å². The monoisotopic (exact) mass is 411 g/mol.